The number of thiophene rings is 1. The number of aryl methyl sites for hydroxylation is 2. The Hall–Kier alpha value is -3.58. The molecule has 156 valence electrons. The lowest BCUT2D eigenvalue weighted by Crippen LogP contribution is -2.13. The Bertz CT molecular complexity index is 1250. The number of rotatable bonds is 6. The average molecular weight is 431 g/mol. The first kappa shape index (κ1) is 20.7. The lowest BCUT2D eigenvalue weighted by atomic mass is 10.1. The quantitative estimate of drug-likeness (QED) is 0.434. The molecule has 4 aromatic rings. The summed E-state index contributed by atoms with van der Waals surface area (Å²) < 4.78 is 0. The van der Waals surface area contributed by atoms with E-state index in [-0.39, 0.29) is 11.8 Å². The smallest absolute Gasteiger partial charge is 0.265 e. The van der Waals surface area contributed by atoms with Crippen LogP contribution in [0.4, 0.5) is 11.4 Å². The Morgan fingerprint density at radius 2 is 1.48 bits per heavy atom. The summed E-state index contributed by atoms with van der Waals surface area (Å²) in [5.41, 5.74) is 5.15. The Morgan fingerprint density at radius 3 is 2.13 bits per heavy atom. The molecular weight excluding hydrogens is 408 g/mol. The van der Waals surface area contributed by atoms with E-state index in [4.69, 9.17) is 4.98 Å². The van der Waals surface area contributed by atoms with Crippen LogP contribution in [0.25, 0.3) is 11.0 Å². The van der Waals surface area contributed by atoms with Gasteiger partial charge >= 0.3 is 0 Å². The van der Waals surface area contributed by atoms with E-state index in [1.165, 1.54) is 11.3 Å². The van der Waals surface area contributed by atoms with Gasteiger partial charge in [0.2, 0.25) is 0 Å². The molecular formula is C24H22N4O2S. The fraction of sp³-hybridized carbons (Fsp3) is 0.167. The number of anilines is 2. The zero-order chi connectivity index (χ0) is 21.8. The third-order valence-electron chi connectivity index (χ3n) is 4.87. The third-order valence-corrected chi connectivity index (χ3v) is 5.74. The summed E-state index contributed by atoms with van der Waals surface area (Å²) in [5, 5.41) is 7.59. The van der Waals surface area contributed by atoms with Crippen molar-refractivity contribution in [2.45, 2.75) is 26.7 Å². The Balaban J connectivity index is 1.52. The monoisotopic (exact) mass is 430 g/mol. The summed E-state index contributed by atoms with van der Waals surface area (Å²) in [6.07, 6.45) is 1.63. The molecule has 0 aliphatic carbocycles. The third kappa shape index (κ3) is 4.62. The summed E-state index contributed by atoms with van der Waals surface area (Å²) in [6, 6.07) is 16.0. The number of hydrogen-bond acceptors (Lipinski definition) is 5. The minimum absolute atomic E-state index is 0.176. The number of carbonyl (C=O) groups is 2. The van der Waals surface area contributed by atoms with Crippen molar-refractivity contribution in [2.75, 3.05) is 10.6 Å². The van der Waals surface area contributed by atoms with Gasteiger partial charge in [0.25, 0.3) is 11.8 Å². The van der Waals surface area contributed by atoms with Crippen molar-refractivity contribution >= 4 is 45.6 Å². The number of carbonyl (C=O) groups excluding carboxylic acids is 2. The Kier molecular flexibility index (Phi) is 6.04. The van der Waals surface area contributed by atoms with E-state index in [9.17, 15) is 9.59 Å². The molecule has 0 radical (unpaired) electrons. The van der Waals surface area contributed by atoms with Crippen LogP contribution in [-0.2, 0) is 12.8 Å². The summed E-state index contributed by atoms with van der Waals surface area (Å²) in [4.78, 5) is 35.1. The largest absolute Gasteiger partial charge is 0.322 e. The lowest BCUT2D eigenvalue weighted by molar-refractivity contribution is 0.102. The highest BCUT2D eigenvalue weighted by Crippen LogP contribution is 2.20. The van der Waals surface area contributed by atoms with Crippen LogP contribution in [0, 0.1) is 0 Å². The lowest BCUT2D eigenvalue weighted by Gasteiger charge is -2.10. The molecule has 0 aliphatic heterocycles. The zero-order valence-corrected chi connectivity index (χ0v) is 18.1. The molecule has 0 atom stereocenters. The molecule has 0 aliphatic rings. The molecule has 0 bridgehead atoms. The highest BCUT2D eigenvalue weighted by molar-refractivity contribution is 7.12. The predicted molar refractivity (Wildman–Crippen MR) is 125 cm³/mol. The normalized spacial score (nSPS) is 10.8. The number of benzene rings is 2. The number of nitrogens with one attached hydrogen (secondary N) is 2. The van der Waals surface area contributed by atoms with Crippen LogP contribution in [0.5, 0.6) is 0 Å². The Morgan fingerprint density at radius 1 is 0.806 bits per heavy atom. The fourth-order valence-electron chi connectivity index (χ4n) is 3.31. The molecule has 0 saturated carbocycles. The van der Waals surface area contributed by atoms with Crippen molar-refractivity contribution in [1.82, 2.24) is 9.97 Å². The minimum Gasteiger partial charge on any atom is -0.322 e. The zero-order valence-electron chi connectivity index (χ0n) is 17.3. The van der Waals surface area contributed by atoms with Gasteiger partial charge in [-0.3, -0.25) is 9.59 Å². The molecule has 6 nitrogen and oxygen atoms in total. The number of aromatic nitrogens is 2. The van der Waals surface area contributed by atoms with Gasteiger partial charge in [-0.1, -0.05) is 26.0 Å². The number of hydrogen-bond donors (Lipinski definition) is 2. The number of fused-ring (bicyclic) bond motifs is 1. The van der Waals surface area contributed by atoms with E-state index in [2.05, 4.69) is 29.5 Å². The fourth-order valence-corrected chi connectivity index (χ4v) is 3.93. The van der Waals surface area contributed by atoms with Crippen molar-refractivity contribution in [3.05, 3.63) is 81.8 Å². The van der Waals surface area contributed by atoms with E-state index in [0.717, 1.165) is 29.7 Å². The average Bonchev–Trinajstić information content (AvgIpc) is 3.33. The van der Waals surface area contributed by atoms with Gasteiger partial charge in [0, 0.05) is 16.9 Å². The molecule has 0 unspecified atom stereocenters. The van der Waals surface area contributed by atoms with Crippen molar-refractivity contribution in [1.29, 1.82) is 0 Å². The molecule has 2 N–H and O–H groups in total. The molecule has 31 heavy (non-hydrogen) atoms. The molecule has 2 aromatic carbocycles. The molecule has 0 saturated heterocycles. The van der Waals surface area contributed by atoms with Gasteiger partial charge in [0.15, 0.2) is 0 Å². The molecule has 7 heteroatoms. The molecule has 2 aromatic heterocycles. The van der Waals surface area contributed by atoms with Crippen molar-refractivity contribution in [3.8, 4) is 0 Å². The highest BCUT2D eigenvalue weighted by Gasteiger charge is 2.12. The standard InChI is InChI=1S/C24H22N4O2S/c1-3-18-19(4-2)28-21-13-15(10-11-20(21)27-18)23(29)25-16-7-5-8-17(14-16)26-24(30)22-9-6-12-31-22/h5-14H,3-4H2,1-2H3,(H,25,29)(H,26,30). The van der Waals surface area contributed by atoms with E-state index in [1.807, 2.05) is 17.5 Å². The van der Waals surface area contributed by atoms with E-state index < -0.39 is 0 Å². The topological polar surface area (TPSA) is 84.0 Å². The summed E-state index contributed by atoms with van der Waals surface area (Å²) >= 11 is 1.38. The van der Waals surface area contributed by atoms with Crippen LogP contribution in [-0.4, -0.2) is 21.8 Å². The van der Waals surface area contributed by atoms with Crippen LogP contribution in [0.2, 0.25) is 0 Å². The maximum atomic E-state index is 12.8. The SMILES string of the molecule is CCc1nc2ccc(C(=O)Nc3cccc(NC(=O)c4cccs4)c3)cc2nc1CC. The maximum absolute atomic E-state index is 12.8. The maximum Gasteiger partial charge on any atom is 0.265 e. The first-order valence-corrected chi connectivity index (χ1v) is 11.0. The number of nitrogens with zero attached hydrogens (tertiary/aromatic N) is 2. The van der Waals surface area contributed by atoms with Gasteiger partial charge in [-0.2, -0.15) is 0 Å². The van der Waals surface area contributed by atoms with Crippen LogP contribution < -0.4 is 10.6 Å². The van der Waals surface area contributed by atoms with Gasteiger partial charge in [-0.15, -0.1) is 11.3 Å². The van der Waals surface area contributed by atoms with Gasteiger partial charge < -0.3 is 10.6 Å². The van der Waals surface area contributed by atoms with Gasteiger partial charge in [0.05, 0.1) is 27.3 Å². The molecule has 0 fully saturated rings. The molecule has 0 spiro atoms. The van der Waals surface area contributed by atoms with Gasteiger partial charge in [-0.25, -0.2) is 9.97 Å². The van der Waals surface area contributed by atoms with E-state index in [0.29, 0.717) is 27.3 Å². The van der Waals surface area contributed by atoms with E-state index in [1.54, 1.807) is 42.5 Å². The second kappa shape index (κ2) is 9.06. The minimum atomic E-state index is -0.247. The highest BCUT2D eigenvalue weighted by atomic mass is 32.1. The second-order valence-corrected chi connectivity index (χ2v) is 7.94. The molecule has 4 rings (SSSR count). The van der Waals surface area contributed by atoms with Crippen LogP contribution in [0.15, 0.2) is 60.0 Å². The van der Waals surface area contributed by atoms with Crippen molar-refractivity contribution < 1.29 is 9.59 Å². The molecule has 2 heterocycles. The van der Waals surface area contributed by atoms with Crippen molar-refractivity contribution in [3.63, 3.8) is 0 Å². The van der Waals surface area contributed by atoms with Gasteiger partial charge in [0.1, 0.15) is 0 Å². The van der Waals surface area contributed by atoms with Crippen LogP contribution >= 0.6 is 11.3 Å². The van der Waals surface area contributed by atoms with Crippen LogP contribution in [0.1, 0.15) is 45.3 Å². The van der Waals surface area contributed by atoms with Crippen molar-refractivity contribution in [2.24, 2.45) is 0 Å². The molecule has 2 amide bonds. The summed E-state index contributed by atoms with van der Waals surface area (Å²) in [7, 11) is 0. The summed E-state index contributed by atoms with van der Waals surface area (Å²) in [5.74, 6) is -0.423. The number of amides is 2. The summed E-state index contributed by atoms with van der Waals surface area (Å²) in [6.45, 7) is 4.11. The van der Waals surface area contributed by atoms with Gasteiger partial charge in [-0.05, 0) is 60.7 Å². The first-order valence-electron chi connectivity index (χ1n) is 10.1. The van der Waals surface area contributed by atoms with E-state index >= 15 is 0 Å². The first-order chi connectivity index (χ1) is 15.1. The Labute approximate surface area is 184 Å². The second-order valence-electron chi connectivity index (χ2n) is 6.99. The van der Waals surface area contributed by atoms with Crippen LogP contribution in [0.3, 0.4) is 0 Å². The predicted octanol–water partition coefficient (Wildman–Crippen LogP) is 5.32.